The summed E-state index contributed by atoms with van der Waals surface area (Å²) in [4.78, 5) is 14.1. The summed E-state index contributed by atoms with van der Waals surface area (Å²) in [7, 11) is 0. The molecule has 0 aromatic rings. The Morgan fingerprint density at radius 2 is 1.89 bits per heavy atom. The van der Waals surface area contributed by atoms with Gasteiger partial charge in [0.05, 0.1) is 0 Å². The molecule has 0 aromatic carbocycles. The van der Waals surface area contributed by atoms with Crippen LogP contribution in [0.2, 0.25) is 0 Å². The highest BCUT2D eigenvalue weighted by molar-refractivity contribution is 8.00. The Bertz CT molecular complexity index is 311. The molecule has 2 atom stereocenters. The summed E-state index contributed by atoms with van der Waals surface area (Å²) < 4.78 is 0. The number of nitrogens with one attached hydrogen (secondary N) is 1. The molecule has 1 N–H and O–H groups in total. The van der Waals surface area contributed by atoms with Gasteiger partial charge in [-0.3, -0.25) is 4.79 Å². The van der Waals surface area contributed by atoms with Crippen LogP contribution in [0.4, 0.5) is 0 Å². The highest BCUT2D eigenvalue weighted by atomic mass is 32.2. The Hall–Kier alpha value is -0.220. The molecule has 102 valence electrons. The number of likely N-dealkylation sites (tertiary alicyclic amines) is 1. The molecule has 3 fully saturated rings. The van der Waals surface area contributed by atoms with E-state index >= 15 is 0 Å². The Morgan fingerprint density at radius 1 is 1.17 bits per heavy atom. The van der Waals surface area contributed by atoms with Crippen molar-refractivity contribution in [3.05, 3.63) is 0 Å². The number of carbonyl (C=O) groups is 1. The normalized spacial score (nSPS) is 33.9. The first-order valence-electron chi connectivity index (χ1n) is 7.40. The summed E-state index contributed by atoms with van der Waals surface area (Å²) in [5, 5.41) is 4.57. The lowest BCUT2D eigenvalue weighted by Crippen LogP contribution is -2.49. The van der Waals surface area contributed by atoms with Crippen LogP contribution in [0, 0.1) is 5.92 Å². The van der Waals surface area contributed by atoms with Gasteiger partial charge in [0, 0.05) is 36.3 Å². The Morgan fingerprint density at radius 3 is 2.44 bits per heavy atom. The van der Waals surface area contributed by atoms with E-state index in [2.05, 4.69) is 28.9 Å². The van der Waals surface area contributed by atoms with Crippen molar-refractivity contribution < 1.29 is 4.79 Å². The van der Waals surface area contributed by atoms with Crippen LogP contribution in [0.1, 0.15) is 39.0 Å². The van der Waals surface area contributed by atoms with Crippen LogP contribution in [0.15, 0.2) is 0 Å². The molecule has 18 heavy (non-hydrogen) atoms. The zero-order valence-electron chi connectivity index (χ0n) is 11.2. The molecule has 0 bridgehead atoms. The quantitative estimate of drug-likeness (QED) is 0.848. The first-order valence-corrected chi connectivity index (χ1v) is 8.45. The molecule has 0 aromatic heterocycles. The summed E-state index contributed by atoms with van der Waals surface area (Å²) in [6.45, 7) is 4.28. The van der Waals surface area contributed by atoms with E-state index in [4.69, 9.17) is 0 Å². The van der Waals surface area contributed by atoms with Gasteiger partial charge in [-0.1, -0.05) is 6.92 Å². The van der Waals surface area contributed by atoms with Crippen LogP contribution < -0.4 is 5.32 Å². The predicted molar refractivity (Wildman–Crippen MR) is 75.8 cm³/mol. The van der Waals surface area contributed by atoms with Crippen molar-refractivity contribution >= 4 is 17.7 Å². The minimum atomic E-state index is 0.390. The Kier molecular flexibility index (Phi) is 3.85. The van der Waals surface area contributed by atoms with Crippen molar-refractivity contribution in [3.8, 4) is 0 Å². The monoisotopic (exact) mass is 268 g/mol. The average Bonchev–Trinajstić information content (AvgIpc) is 3.16. The summed E-state index contributed by atoms with van der Waals surface area (Å²) in [5.41, 5.74) is 0. The molecule has 0 radical (unpaired) electrons. The highest BCUT2D eigenvalue weighted by Gasteiger charge is 2.35. The van der Waals surface area contributed by atoms with E-state index in [1.54, 1.807) is 0 Å². The molecule has 2 unspecified atom stereocenters. The number of carbonyl (C=O) groups excluding carboxylic acids is 1. The van der Waals surface area contributed by atoms with Gasteiger partial charge in [0.15, 0.2) is 0 Å². The lowest BCUT2D eigenvalue weighted by molar-refractivity contribution is -0.133. The fraction of sp³-hybridized carbons (Fsp3) is 0.929. The van der Waals surface area contributed by atoms with E-state index in [-0.39, 0.29) is 0 Å². The molecule has 3 rings (SSSR count). The molecule has 1 saturated carbocycles. The molecule has 2 heterocycles. The first-order chi connectivity index (χ1) is 8.74. The lowest BCUT2D eigenvalue weighted by Gasteiger charge is -2.34. The van der Waals surface area contributed by atoms with Gasteiger partial charge in [-0.25, -0.2) is 0 Å². The number of rotatable bonds is 3. The molecule has 4 heteroatoms. The fourth-order valence-corrected chi connectivity index (χ4v) is 4.32. The number of amides is 1. The van der Waals surface area contributed by atoms with E-state index in [9.17, 15) is 4.79 Å². The van der Waals surface area contributed by atoms with Gasteiger partial charge in [-0.15, -0.1) is 0 Å². The minimum Gasteiger partial charge on any atom is -0.342 e. The van der Waals surface area contributed by atoms with Gasteiger partial charge in [-0.05, 0) is 37.9 Å². The summed E-state index contributed by atoms with van der Waals surface area (Å²) in [6.07, 6.45) is 5.87. The van der Waals surface area contributed by atoms with Gasteiger partial charge < -0.3 is 10.2 Å². The number of nitrogens with zero attached hydrogens (tertiary/aromatic N) is 1. The molecule has 1 aliphatic carbocycles. The summed E-state index contributed by atoms with van der Waals surface area (Å²) in [5.74, 6) is 2.12. The molecular weight excluding hydrogens is 244 g/mol. The third-order valence-electron chi connectivity index (χ3n) is 4.56. The molecule has 3 aliphatic rings. The zero-order valence-corrected chi connectivity index (χ0v) is 12.0. The van der Waals surface area contributed by atoms with E-state index in [0.29, 0.717) is 23.9 Å². The molecule has 0 spiro atoms. The maximum Gasteiger partial charge on any atom is 0.225 e. The van der Waals surface area contributed by atoms with Gasteiger partial charge in [-0.2, -0.15) is 11.8 Å². The van der Waals surface area contributed by atoms with E-state index < -0.39 is 0 Å². The number of hydrogen-bond acceptors (Lipinski definition) is 3. The zero-order chi connectivity index (χ0) is 12.5. The molecule has 3 nitrogen and oxygen atoms in total. The van der Waals surface area contributed by atoms with Crippen LogP contribution in [-0.4, -0.2) is 47.0 Å². The minimum absolute atomic E-state index is 0.390. The number of hydrogen-bond donors (Lipinski definition) is 1. The Balaban J connectivity index is 1.43. The second kappa shape index (κ2) is 5.41. The van der Waals surface area contributed by atoms with Crippen LogP contribution in [0.25, 0.3) is 0 Å². The Labute approximate surface area is 114 Å². The predicted octanol–water partition coefficient (Wildman–Crippen LogP) is 1.87. The smallest absolute Gasteiger partial charge is 0.225 e. The van der Waals surface area contributed by atoms with Crippen LogP contribution in [0.5, 0.6) is 0 Å². The summed E-state index contributed by atoms with van der Waals surface area (Å²) >= 11 is 2.08. The standard InChI is InChI=1S/C14H24N2OS/c1-10-13(6-9-18-10)15-12-4-7-16(8-5-12)14(17)11-2-3-11/h10-13,15H,2-9H2,1H3. The second-order valence-corrected chi connectivity index (χ2v) is 7.50. The molecule has 2 aliphatic heterocycles. The average molecular weight is 268 g/mol. The highest BCUT2D eigenvalue weighted by Crippen LogP contribution is 2.32. The van der Waals surface area contributed by atoms with Gasteiger partial charge in [0.2, 0.25) is 5.91 Å². The van der Waals surface area contributed by atoms with Gasteiger partial charge >= 0.3 is 0 Å². The lowest BCUT2D eigenvalue weighted by atomic mass is 10.0. The largest absolute Gasteiger partial charge is 0.342 e. The van der Waals surface area contributed by atoms with Crippen LogP contribution >= 0.6 is 11.8 Å². The van der Waals surface area contributed by atoms with Crippen LogP contribution in [0.3, 0.4) is 0 Å². The number of piperidine rings is 1. The molecule has 2 saturated heterocycles. The number of thioether (sulfide) groups is 1. The van der Waals surface area contributed by atoms with Crippen molar-refractivity contribution in [2.75, 3.05) is 18.8 Å². The van der Waals surface area contributed by atoms with Crippen molar-refractivity contribution in [3.63, 3.8) is 0 Å². The third-order valence-corrected chi connectivity index (χ3v) is 5.88. The molecule has 1 amide bonds. The third kappa shape index (κ3) is 2.85. The van der Waals surface area contributed by atoms with Crippen molar-refractivity contribution in [1.29, 1.82) is 0 Å². The van der Waals surface area contributed by atoms with Gasteiger partial charge in [0.25, 0.3) is 0 Å². The van der Waals surface area contributed by atoms with Crippen LogP contribution in [-0.2, 0) is 4.79 Å². The second-order valence-electron chi connectivity index (χ2n) is 6.01. The first kappa shape index (κ1) is 12.8. The van der Waals surface area contributed by atoms with E-state index in [1.165, 1.54) is 12.2 Å². The maximum absolute atomic E-state index is 12.0. The topological polar surface area (TPSA) is 32.3 Å². The van der Waals surface area contributed by atoms with Crippen molar-refractivity contribution in [1.82, 2.24) is 10.2 Å². The van der Waals surface area contributed by atoms with Gasteiger partial charge in [0.1, 0.15) is 0 Å². The molecular formula is C14H24N2OS. The summed E-state index contributed by atoms with van der Waals surface area (Å²) in [6, 6.07) is 1.34. The van der Waals surface area contributed by atoms with E-state index in [0.717, 1.165) is 44.0 Å². The fourth-order valence-electron chi connectivity index (χ4n) is 3.11. The SMILES string of the molecule is CC1SCCC1NC1CCN(C(=O)C2CC2)CC1. The maximum atomic E-state index is 12.0. The van der Waals surface area contributed by atoms with Crippen molar-refractivity contribution in [2.24, 2.45) is 5.92 Å². The van der Waals surface area contributed by atoms with Crippen molar-refractivity contribution in [2.45, 2.75) is 56.4 Å². The van der Waals surface area contributed by atoms with E-state index in [1.807, 2.05) is 0 Å².